The molecular formula is C15H27ClN2O4. The lowest BCUT2D eigenvalue weighted by Crippen LogP contribution is -2.53. The summed E-state index contributed by atoms with van der Waals surface area (Å²) in [6.07, 6.45) is 0.439. The number of aliphatic hydroxyl groups is 1. The Hall–Kier alpha value is -1.01. The third-order valence-electron chi connectivity index (χ3n) is 3.59. The minimum Gasteiger partial charge on any atom is -0.444 e. The monoisotopic (exact) mass is 334 g/mol. The first kappa shape index (κ1) is 19.0. The highest BCUT2D eigenvalue weighted by Gasteiger charge is 2.37. The Kier molecular flexibility index (Phi) is 6.10. The Balaban J connectivity index is 2.53. The number of halogens is 1. The summed E-state index contributed by atoms with van der Waals surface area (Å²) in [4.78, 5) is 26.8. The molecule has 1 saturated heterocycles. The minimum atomic E-state index is -0.991. The van der Waals surface area contributed by atoms with Crippen LogP contribution in [-0.4, -0.2) is 70.2 Å². The van der Waals surface area contributed by atoms with Crippen molar-refractivity contribution in [2.75, 3.05) is 26.7 Å². The lowest BCUT2D eigenvalue weighted by molar-refractivity contribution is -0.134. The number of piperidine rings is 1. The van der Waals surface area contributed by atoms with Gasteiger partial charge in [-0.25, -0.2) is 4.79 Å². The van der Waals surface area contributed by atoms with Crippen molar-refractivity contribution >= 4 is 23.6 Å². The van der Waals surface area contributed by atoms with Crippen LogP contribution in [0.15, 0.2) is 0 Å². The van der Waals surface area contributed by atoms with Gasteiger partial charge in [0.05, 0.1) is 5.60 Å². The number of likely N-dealkylation sites (N-methyl/N-ethyl adjacent to an activating group) is 1. The summed E-state index contributed by atoms with van der Waals surface area (Å²) in [7, 11) is 1.62. The van der Waals surface area contributed by atoms with Crippen LogP contribution in [0.3, 0.4) is 0 Å². The molecule has 1 N–H and O–H groups in total. The van der Waals surface area contributed by atoms with Gasteiger partial charge in [-0.1, -0.05) is 0 Å². The van der Waals surface area contributed by atoms with E-state index in [0.29, 0.717) is 25.9 Å². The molecule has 22 heavy (non-hydrogen) atoms. The molecule has 0 bridgehead atoms. The van der Waals surface area contributed by atoms with Crippen molar-refractivity contribution in [1.29, 1.82) is 0 Å². The molecule has 1 rings (SSSR count). The van der Waals surface area contributed by atoms with E-state index in [1.807, 2.05) is 20.8 Å². The fourth-order valence-corrected chi connectivity index (χ4v) is 2.58. The van der Waals surface area contributed by atoms with E-state index in [0.717, 1.165) is 0 Å². The first-order chi connectivity index (χ1) is 9.93. The van der Waals surface area contributed by atoms with Gasteiger partial charge in [0.25, 0.3) is 0 Å². The van der Waals surface area contributed by atoms with E-state index in [1.165, 1.54) is 4.90 Å². The normalized spacial score (nSPS) is 19.5. The Morgan fingerprint density at radius 3 is 2.27 bits per heavy atom. The van der Waals surface area contributed by atoms with Gasteiger partial charge in [0.2, 0.25) is 5.91 Å². The molecule has 0 aromatic carbocycles. The van der Waals surface area contributed by atoms with E-state index in [4.69, 9.17) is 16.3 Å². The van der Waals surface area contributed by atoms with Gasteiger partial charge in [-0.3, -0.25) is 4.79 Å². The van der Waals surface area contributed by atoms with Crippen molar-refractivity contribution in [2.24, 2.45) is 0 Å². The van der Waals surface area contributed by atoms with Crippen molar-refractivity contribution in [2.45, 2.75) is 57.1 Å². The lowest BCUT2D eigenvalue weighted by atomic mass is 9.91. The van der Waals surface area contributed by atoms with E-state index in [-0.39, 0.29) is 18.5 Å². The topological polar surface area (TPSA) is 70.1 Å². The van der Waals surface area contributed by atoms with E-state index in [1.54, 1.807) is 18.9 Å². The summed E-state index contributed by atoms with van der Waals surface area (Å²) in [5.74, 6) is -0.218. The van der Waals surface area contributed by atoms with Crippen LogP contribution >= 0.6 is 11.6 Å². The standard InChI is InChI=1S/C15H27ClN2O4/c1-11(16)12(19)17(5)10-15(21)6-8-18(9-7-15)13(20)22-14(2,3)4/h11,21H,6-10H2,1-5H3/t11-/m1/s1. The summed E-state index contributed by atoms with van der Waals surface area (Å²) in [5, 5.41) is 9.97. The molecule has 0 saturated carbocycles. The van der Waals surface area contributed by atoms with Crippen LogP contribution in [0.4, 0.5) is 4.79 Å². The van der Waals surface area contributed by atoms with Gasteiger partial charge >= 0.3 is 6.09 Å². The molecule has 2 amide bonds. The number of alkyl halides is 1. The van der Waals surface area contributed by atoms with Crippen LogP contribution in [0.25, 0.3) is 0 Å². The van der Waals surface area contributed by atoms with Crippen LogP contribution in [0, 0.1) is 0 Å². The van der Waals surface area contributed by atoms with Gasteiger partial charge in [-0.05, 0) is 40.5 Å². The van der Waals surface area contributed by atoms with Crippen LogP contribution < -0.4 is 0 Å². The Bertz CT molecular complexity index is 412. The molecule has 0 unspecified atom stereocenters. The molecule has 128 valence electrons. The molecule has 0 aromatic heterocycles. The maximum Gasteiger partial charge on any atom is 0.410 e. The molecule has 7 heteroatoms. The number of hydrogen-bond donors (Lipinski definition) is 1. The minimum absolute atomic E-state index is 0.213. The SMILES string of the molecule is C[C@@H](Cl)C(=O)N(C)CC1(O)CCN(C(=O)OC(C)(C)C)CC1. The van der Waals surface area contributed by atoms with Crippen molar-refractivity contribution in [3.8, 4) is 0 Å². The van der Waals surface area contributed by atoms with Crippen molar-refractivity contribution < 1.29 is 19.4 Å². The zero-order chi connectivity index (χ0) is 17.1. The van der Waals surface area contributed by atoms with Crippen LogP contribution in [0.1, 0.15) is 40.5 Å². The second-order valence-corrected chi connectivity index (χ2v) is 7.66. The Labute approximate surface area is 137 Å². The van der Waals surface area contributed by atoms with E-state index in [9.17, 15) is 14.7 Å². The number of carbonyl (C=O) groups excluding carboxylic acids is 2. The number of carbonyl (C=O) groups is 2. The number of hydrogen-bond acceptors (Lipinski definition) is 4. The molecule has 0 spiro atoms. The van der Waals surface area contributed by atoms with Crippen LogP contribution in [0.2, 0.25) is 0 Å². The number of amides is 2. The van der Waals surface area contributed by atoms with Crippen molar-refractivity contribution in [1.82, 2.24) is 9.80 Å². The quantitative estimate of drug-likeness (QED) is 0.799. The molecule has 1 aliphatic heterocycles. The van der Waals surface area contributed by atoms with Gasteiger partial charge in [0, 0.05) is 26.7 Å². The third kappa shape index (κ3) is 5.65. The zero-order valence-electron chi connectivity index (χ0n) is 14.1. The highest BCUT2D eigenvalue weighted by molar-refractivity contribution is 6.30. The lowest BCUT2D eigenvalue weighted by Gasteiger charge is -2.40. The van der Waals surface area contributed by atoms with Crippen LogP contribution in [-0.2, 0) is 9.53 Å². The summed E-state index contributed by atoms with van der Waals surface area (Å²) in [6.45, 7) is 8.09. The second kappa shape index (κ2) is 7.04. The van der Waals surface area contributed by atoms with Crippen LogP contribution in [0.5, 0.6) is 0 Å². The molecule has 0 aliphatic carbocycles. The second-order valence-electron chi connectivity index (χ2n) is 7.00. The summed E-state index contributed by atoms with van der Waals surface area (Å²) < 4.78 is 5.32. The highest BCUT2D eigenvalue weighted by Crippen LogP contribution is 2.24. The smallest absolute Gasteiger partial charge is 0.410 e. The van der Waals surface area contributed by atoms with Gasteiger partial charge in [0.1, 0.15) is 11.0 Å². The fraction of sp³-hybridized carbons (Fsp3) is 0.867. The predicted molar refractivity (Wildman–Crippen MR) is 84.9 cm³/mol. The molecule has 1 fully saturated rings. The zero-order valence-corrected chi connectivity index (χ0v) is 14.8. The number of rotatable bonds is 3. The van der Waals surface area contributed by atoms with Crippen molar-refractivity contribution in [3.63, 3.8) is 0 Å². The number of likely N-dealkylation sites (tertiary alicyclic amines) is 1. The average Bonchev–Trinajstić information content (AvgIpc) is 2.35. The summed E-state index contributed by atoms with van der Waals surface area (Å²) in [6, 6.07) is 0. The Morgan fingerprint density at radius 1 is 1.36 bits per heavy atom. The van der Waals surface area contributed by atoms with E-state index < -0.39 is 16.6 Å². The summed E-state index contributed by atoms with van der Waals surface area (Å²) in [5.41, 5.74) is -1.53. The fourth-order valence-electron chi connectivity index (χ4n) is 2.41. The van der Waals surface area contributed by atoms with Gasteiger partial charge < -0.3 is 19.6 Å². The number of nitrogens with zero attached hydrogens (tertiary/aromatic N) is 2. The molecule has 1 atom stereocenters. The Morgan fingerprint density at radius 2 is 1.86 bits per heavy atom. The van der Waals surface area contributed by atoms with E-state index in [2.05, 4.69) is 0 Å². The predicted octanol–water partition coefficient (Wildman–Crippen LogP) is 1.83. The number of ether oxygens (including phenoxy) is 1. The summed E-state index contributed by atoms with van der Waals surface area (Å²) >= 11 is 5.77. The highest BCUT2D eigenvalue weighted by atomic mass is 35.5. The largest absolute Gasteiger partial charge is 0.444 e. The van der Waals surface area contributed by atoms with Crippen molar-refractivity contribution in [3.05, 3.63) is 0 Å². The first-order valence-electron chi connectivity index (χ1n) is 7.53. The molecule has 0 radical (unpaired) electrons. The maximum atomic E-state index is 12.0. The molecule has 1 heterocycles. The third-order valence-corrected chi connectivity index (χ3v) is 3.78. The van der Waals surface area contributed by atoms with Gasteiger partial charge in [-0.2, -0.15) is 0 Å². The molecule has 0 aromatic rings. The first-order valence-corrected chi connectivity index (χ1v) is 7.96. The van der Waals surface area contributed by atoms with E-state index >= 15 is 0 Å². The van der Waals surface area contributed by atoms with Gasteiger partial charge in [-0.15, -0.1) is 11.6 Å². The van der Waals surface area contributed by atoms with Gasteiger partial charge in [0.15, 0.2) is 0 Å². The maximum absolute atomic E-state index is 12.0. The molecular weight excluding hydrogens is 308 g/mol. The molecule has 6 nitrogen and oxygen atoms in total. The molecule has 1 aliphatic rings. The average molecular weight is 335 g/mol.